The van der Waals surface area contributed by atoms with E-state index in [2.05, 4.69) is 20.0 Å². The van der Waals surface area contributed by atoms with Crippen LogP contribution >= 0.6 is 0 Å². The summed E-state index contributed by atoms with van der Waals surface area (Å²) in [7, 11) is 1.33. The van der Waals surface area contributed by atoms with Crippen LogP contribution in [0, 0.1) is 0 Å². The molecule has 0 aliphatic heterocycles. The predicted molar refractivity (Wildman–Crippen MR) is 121 cm³/mol. The highest BCUT2D eigenvalue weighted by Crippen LogP contribution is 2.31. The summed E-state index contributed by atoms with van der Waals surface area (Å²) in [6, 6.07) is 23.4. The molecule has 8 nitrogen and oxygen atoms in total. The second-order valence-corrected chi connectivity index (χ2v) is 6.62. The minimum Gasteiger partial charge on any atom is -0.465 e. The zero-order valence-corrected chi connectivity index (χ0v) is 17.2. The van der Waals surface area contributed by atoms with Crippen molar-refractivity contribution in [2.75, 3.05) is 18.2 Å². The standard InChI is InChI=1S/C24H20N4O4/c1-30-24(29)16-7-11-20(12-8-16)32-23-21(25)22(26-15-27-23)28-17-9-13-19(14-10-17)31-18-5-3-2-4-6-18/h2-15H,25H2,1H3,(H,26,27,28). The van der Waals surface area contributed by atoms with Gasteiger partial charge in [0.05, 0.1) is 12.7 Å². The molecule has 0 amide bonds. The summed E-state index contributed by atoms with van der Waals surface area (Å²) in [5, 5.41) is 3.15. The molecule has 0 fully saturated rings. The lowest BCUT2D eigenvalue weighted by Gasteiger charge is -2.12. The van der Waals surface area contributed by atoms with Crippen molar-refractivity contribution in [3.8, 4) is 23.1 Å². The topological polar surface area (TPSA) is 109 Å². The van der Waals surface area contributed by atoms with Crippen molar-refractivity contribution in [2.45, 2.75) is 0 Å². The largest absolute Gasteiger partial charge is 0.465 e. The highest BCUT2D eigenvalue weighted by atomic mass is 16.5. The third-order valence-corrected chi connectivity index (χ3v) is 4.43. The van der Waals surface area contributed by atoms with Crippen molar-refractivity contribution < 1.29 is 19.0 Å². The normalized spacial score (nSPS) is 10.3. The van der Waals surface area contributed by atoms with Gasteiger partial charge in [-0.15, -0.1) is 0 Å². The third kappa shape index (κ3) is 4.93. The Morgan fingerprint density at radius 2 is 1.44 bits per heavy atom. The molecule has 4 aromatic rings. The van der Waals surface area contributed by atoms with Gasteiger partial charge >= 0.3 is 5.97 Å². The summed E-state index contributed by atoms with van der Waals surface area (Å²) in [5.74, 6) is 2.10. The Kier molecular flexibility index (Phi) is 6.12. The average molecular weight is 428 g/mol. The molecule has 0 atom stereocenters. The smallest absolute Gasteiger partial charge is 0.337 e. The zero-order valence-electron chi connectivity index (χ0n) is 17.2. The fourth-order valence-electron chi connectivity index (χ4n) is 2.82. The maximum atomic E-state index is 11.5. The van der Waals surface area contributed by atoms with Gasteiger partial charge in [-0.3, -0.25) is 0 Å². The number of benzene rings is 3. The Morgan fingerprint density at radius 3 is 2.12 bits per heavy atom. The number of nitrogens with two attached hydrogens (primary N) is 1. The molecule has 160 valence electrons. The number of methoxy groups -OCH3 is 1. The summed E-state index contributed by atoms with van der Waals surface area (Å²) in [6.45, 7) is 0. The van der Waals surface area contributed by atoms with Crippen LogP contribution in [0.2, 0.25) is 0 Å². The molecule has 0 saturated carbocycles. The van der Waals surface area contributed by atoms with Gasteiger partial charge in [0, 0.05) is 5.69 Å². The number of rotatable bonds is 7. The molecule has 0 unspecified atom stereocenters. The lowest BCUT2D eigenvalue weighted by molar-refractivity contribution is 0.0600. The first-order chi connectivity index (χ1) is 15.6. The summed E-state index contributed by atoms with van der Waals surface area (Å²) in [4.78, 5) is 19.8. The highest BCUT2D eigenvalue weighted by Gasteiger charge is 2.12. The van der Waals surface area contributed by atoms with E-state index in [1.54, 1.807) is 24.3 Å². The van der Waals surface area contributed by atoms with Crippen LogP contribution in [0.4, 0.5) is 17.2 Å². The number of ether oxygens (including phenoxy) is 3. The van der Waals surface area contributed by atoms with E-state index in [0.717, 1.165) is 11.4 Å². The van der Waals surface area contributed by atoms with Crippen molar-refractivity contribution in [3.05, 3.63) is 90.8 Å². The third-order valence-electron chi connectivity index (χ3n) is 4.43. The van der Waals surface area contributed by atoms with E-state index in [-0.39, 0.29) is 11.6 Å². The van der Waals surface area contributed by atoms with Gasteiger partial charge in [0.1, 0.15) is 29.3 Å². The fraction of sp³-hybridized carbons (Fsp3) is 0.0417. The molecule has 0 bridgehead atoms. The molecule has 1 aromatic heterocycles. The van der Waals surface area contributed by atoms with Gasteiger partial charge in [-0.25, -0.2) is 9.78 Å². The molecule has 0 radical (unpaired) electrons. The van der Waals surface area contributed by atoms with Crippen LogP contribution in [-0.2, 0) is 4.74 Å². The highest BCUT2D eigenvalue weighted by molar-refractivity contribution is 5.89. The minimum absolute atomic E-state index is 0.192. The first-order valence-electron chi connectivity index (χ1n) is 9.69. The number of hydrogen-bond donors (Lipinski definition) is 2. The second kappa shape index (κ2) is 9.48. The molecule has 8 heteroatoms. The quantitative estimate of drug-likeness (QED) is 0.388. The van der Waals surface area contributed by atoms with Crippen LogP contribution in [0.25, 0.3) is 0 Å². The molecule has 32 heavy (non-hydrogen) atoms. The molecule has 0 spiro atoms. The van der Waals surface area contributed by atoms with Crippen molar-refractivity contribution >= 4 is 23.2 Å². The van der Waals surface area contributed by atoms with Crippen molar-refractivity contribution in [3.63, 3.8) is 0 Å². The zero-order chi connectivity index (χ0) is 22.3. The molecule has 0 saturated heterocycles. The van der Waals surface area contributed by atoms with Crippen LogP contribution in [0.5, 0.6) is 23.1 Å². The number of hydrogen-bond acceptors (Lipinski definition) is 8. The van der Waals surface area contributed by atoms with Crippen molar-refractivity contribution in [2.24, 2.45) is 0 Å². The monoisotopic (exact) mass is 428 g/mol. The van der Waals surface area contributed by atoms with Crippen LogP contribution < -0.4 is 20.5 Å². The summed E-state index contributed by atoms with van der Waals surface area (Å²) in [6.07, 6.45) is 1.35. The van der Waals surface area contributed by atoms with Crippen LogP contribution in [0.15, 0.2) is 85.2 Å². The second-order valence-electron chi connectivity index (χ2n) is 6.62. The Hall–Kier alpha value is -4.59. The summed E-state index contributed by atoms with van der Waals surface area (Å²) in [5.41, 5.74) is 7.63. The van der Waals surface area contributed by atoms with Gasteiger partial charge in [0.25, 0.3) is 0 Å². The number of nitrogens with one attached hydrogen (secondary N) is 1. The van der Waals surface area contributed by atoms with E-state index in [1.807, 2.05) is 54.6 Å². The first kappa shape index (κ1) is 20.7. The van der Waals surface area contributed by atoms with E-state index in [0.29, 0.717) is 22.9 Å². The van der Waals surface area contributed by atoms with Gasteiger partial charge in [-0.05, 0) is 60.7 Å². The van der Waals surface area contributed by atoms with E-state index in [4.69, 9.17) is 15.2 Å². The van der Waals surface area contributed by atoms with E-state index in [9.17, 15) is 4.79 Å². The number of anilines is 3. The van der Waals surface area contributed by atoms with Crippen molar-refractivity contribution in [1.29, 1.82) is 0 Å². The van der Waals surface area contributed by atoms with Crippen molar-refractivity contribution in [1.82, 2.24) is 9.97 Å². The van der Waals surface area contributed by atoms with E-state index in [1.165, 1.54) is 13.4 Å². The number of nitrogens with zero attached hydrogens (tertiary/aromatic N) is 2. The Labute approximate surface area is 184 Å². The maximum Gasteiger partial charge on any atom is 0.337 e. The average Bonchev–Trinajstić information content (AvgIpc) is 2.83. The molecule has 0 aliphatic carbocycles. The number of carbonyl (C=O) groups excluding carboxylic acids is 1. The molecular formula is C24H20N4O4. The molecule has 1 heterocycles. The molecule has 3 aromatic carbocycles. The van der Waals surface area contributed by atoms with Gasteiger partial charge in [-0.1, -0.05) is 18.2 Å². The molecule has 4 rings (SSSR count). The van der Waals surface area contributed by atoms with Crippen LogP contribution in [-0.4, -0.2) is 23.0 Å². The summed E-state index contributed by atoms with van der Waals surface area (Å²) < 4.78 is 16.2. The maximum absolute atomic E-state index is 11.5. The fourth-order valence-corrected chi connectivity index (χ4v) is 2.82. The Bertz CT molecular complexity index is 1200. The minimum atomic E-state index is -0.426. The van der Waals surface area contributed by atoms with Crippen LogP contribution in [0.1, 0.15) is 10.4 Å². The Morgan fingerprint density at radius 1 is 0.812 bits per heavy atom. The molecular weight excluding hydrogens is 408 g/mol. The van der Waals surface area contributed by atoms with Crippen LogP contribution in [0.3, 0.4) is 0 Å². The lowest BCUT2D eigenvalue weighted by atomic mass is 10.2. The number of esters is 1. The SMILES string of the molecule is COC(=O)c1ccc(Oc2ncnc(Nc3ccc(Oc4ccccc4)cc3)c2N)cc1. The van der Waals surface area contributed by atoms with Gasteiger partial charge in [-0.2, -0.15) is 4.98 Å². The first-order valence-corrected chi connectivity index (χ1v) is 9.69. The number of aromatic nitrogens is 2. The van der Waals surface area contributed by atoms with Gasteiger partial charge in [0.15, 0.2) is 5.82 Å². The van der Waals surface area contributed by atoms with Gasteiger partial charge in [0.2, 0.25) is 5.88 Å². The van der Waals surface area contributed by atoms with Gasteiger partial charge < -0.3 is 25.3 Å². The number of carbonyl (C=O) groups is 1. The number of para-hydroxylation sites is 1. The molecule has 3 N–H and O–H groups in total. The number of nitrogen functional groups attached to an aromatic ring is 1. The lowest BCUT2D eigenvalue weighted by Crippen LogP contribution is -2.03. The predicted octanol–water partition coefficient (Wildman–Crippen LogP) is 5.17. The van der Waals surface area contributed by atoms with E-state index < -0.39 is 5.97 Å². The summed E-state index contributed by atoms with van der Waals surface area (Å²) >= 11 is 0. The Balaban J connectivity index is 1.45. The van der Waals surface area contributed by atoms with E-state index >= 15 is 0 Å². The molecule has 0 aliphatic rings.